The number of carbonyl (C=O) groups is 3. The van der Waals surface area contributed by atoms with Crippen molar-refractivity contribution in [2.24, 2.45) is 5.73 Å². The van der Waals surface area contributed by atoms with Crippen molar-refractivity contribution < 1.29 is 28.6 Å². The molecule has 38 heavy (non-hydrogen) atoms. The van der Waals surface area contributed by atoms with Gasteiger partial charge in [0.2, 0.25) is 0 Å². The third-order valence-electron chi connectivity index (χ3n) is 7.10. The lowest BCUT2D eigenvalue weighted by Gasteiger charge is -2.41. The summed E-state index contributed by atoms with van der Waals surface area (Å²) in [7, 11) is 1.41. The molecule has 0 saturated carbocycles. The number of hydrogen-bond acceptors (Lipinski definition) is 10. The van der Waals surface area contributed by atoms with Gasteiger partial charge in [0.25, 0.3) is 0 Å². The molecular formula is C25H45N7O6. The van der Waals surface area contributed by atoms with E-state index in [9.17, 15) is 14.4 Å². The summed E-state index contributed by atoms with van der Waals surface area (Å²) in [6.07, 6.45) is 0.310. The van der Waals surface area contributed by atoms with Crippen LogP contribution in [0.2, 0.25) is 0 Å². The fraction of sp³-hybridized carbons (Fsp3) is 0.840. The van der Waals surface area contributed by atoms with Gasteiger partial charge in [-0.3, -0.25) is 24.9 Å². The molecule has 2 atom stereocenters. The zero-order chi connectivity index (χ0) is 27.9. The number of amidine groups is 1. The number of methoxy groups -OCH3 is 1. The van der Waals surface area contributed by atoms with Gasteiger partial charge in [-0.25, -0.2) is 9.59 Å². The zero-order valence-corrected chi connectivity index (χ0v) is 23.3. The second-order valence-corrected chi connectivity index (χ2v) is 11.2. The van der Waals surface area contributed by atoms with Gasteiger partial charge >= 0.3 is 18.2 Å². The molecule has 0 spiro atoms. The summed E-state index contributed by atoms with van der Waals surface area (Å²) in [5.74, 6) is -0.247. The SMILES string of the molecule is COC(=O)CCCN1CCN(CC2CN(CCN3CCN(C(=O)OC(C)(C)C)C(C(=N)N)C3)C(=O)O2)CC1. The molecule has 3 fully saturated rings. The molecule has 3 rings (SSSR count). The van der Waals surface area contributed by atoms with E-state index >= 15 is 0 Å². The number of hydrogen-bond donors (Lipinski definition) is 2. The Labute approximate surface area is 225 Å². The minimum absolute atomic E-state index is 0.0789. The molecule has 2 amide bonds. The van der Waals surface area contributed by atoms with E-state index in [-0.39, 0.29) is 24.0 Å². The first-order valence-electron chi connectivity index (χ1n) is 13.5. The van der Waals surface area contributed by atoms with E-state index in [1.165, 1.54) is 12.0 Å². The summed E-state index contributed by atoms with van der Waals surface area (Å²) >= 11 is 0. The molecule has 3 N–H and O–H groups in total. The normalized spacial score (nSPS) is 23.8. The first-order valence-corrected chi connectivity index (χ1v) is 13.5. The molecule has 216 valence electrons. The van der Waals surface area contributed by atoms with Crippen LogP contribution < -0.4 is 5.73 Å². The van der Waals surface area contributed by atoms with E-state index in [2.05, 4.69) is 14.7 Å². The summed E-state index contributed by atoms with van der Waals surface area (Å²) in [5.41, 5.74) is 5.19. The van der Waals surface area contributed by atoms with Gasteiger partial charge in [0.1, 0.15) is 23.6 Å². The Morgan fingerprint density at radius 1 is 1.00 bits per heavy atom. The number of ether oxygens (including phenoxy) is 3. The van der Waals surface area contributed by atoms with E-state index in [1.54, 1.807) is 4.90 Å². The quantitative estimate of drug-likeness (QED) is 0.171. The van der Waals surface area contributed by atoms with Gasteiger partial charge in [-0.2, -0.15) is 0 Å². The van der Waals surface area contributed by atoms with Gasteiger partial charge in [0, 0.05) is 71.9 Å². The molecule has 0 aromatic heterocycles. The summed E-state index contributed by atoms with van der Waals surface area (Å²) < 4.78 is 15.8. The monoisotopic (exact) mass is 539 g/mol. The number of carbonyl (C=O) groups excluding carboxylic acids is 3. The molecule has 3 aliphatic rings. The molecule has 0 bridgehead atoms. The van der Waals surface area contributed by atoms with Crippen LogP contribution in [0.25, 0.3) is 0 Å². The third-order valence-corrected chi connectivity index (χ3v) is 7.10. The zero-order valence-electron chi connectivity index (χ0n) is 23.3. The van der Waals surface area contributed by atoms with Crippen molar-refractivity contribution in [3.05, 3.63) is 0 Å². The van der Waals surface area contributed by atoms with Gasteiger partial charge in [0.05, 0.1) is 13.7 Å². The highest BCUT2D eigenvalue weighted by Gasteiger charge is 2.37. The molecule has 3 aliphatic heterocycles. The number of esters is 1. The van der Waals surface area contributed by atoms with Crippen molar-refractivity contribution >= 4 is 24.0 Å². The average molecular weight is 540 g/mol. The Morgan fingerprint density at radius 2 is 1.66 bits per heavy atom. The maximum absolute atomic E-state index is 12.6. The van der Waals surface area contributed by atoms with Crippen LogP contribution in [0.15, 0.2) is 0 Å². The number of nitrogens with two attached hydrogens (primary N) is 1. The molecule has 13 nitrogen and oxygen atoms in total. The number of nitrogens with zero attached hydrogens (tertiary/aromatic N) is 5. The largest absolute Gasteiger partial charge is 0.469 e. The van der Waals surface area contributed by atoms with E-state index in [0.717, 1.165) is 39.1 Å². The lowest BCUT2D eigenvalue weighted by molar-refractivity contribution is -0.140. The Bertz CT molecular complexity index is 843. The predicted molar refractivity (Wildman–Crippen MR) is 141 cm³/mol. The van der Waals surface area contributed by atoms with Crippen molar-refractivity contribution in [1.82, 2.24) is 24.5 Å². The Hall–Kier alpha value is -2.64. The van der Waals surface area contributed by atoms with Crippen LogP contribution in [0.5, 0.6) is 0 Å². The summed E-state index contributed by atoms with van der Waals surface area (Å²) in [6.45, 7) is 13.8. The smallest absolute Gasteiger partial charge is 0.411 e. The first kappa shape index (κ1) is 29.9. The number of piperazine rings is 2. The fourth-order valence-corrected chi connectivity index (χ4v) is 4.99. The van der Waals surface area contributed by atoms with Crippen LogP contribution in [0.1, 0.15) is 33.6 Å². The van der Waals surface area contributed by atoms with Crippen LogP contribution in [0.4, 0.5) is 9.59 Å². The molecule has 0 aromatic rings. The van der Waals surface area contributed by atoms with Gasteiger partial charge in [-0.15, -0.1) is 0 Å². The molecule has 3 heterocycles. The minimum Gasteiger partial charge on any atom is -0.469 e. The molecule has 13 heteroatoms. The number of rotatable bonds is 10. The van der Waals surface area contributed by atoms with Crippen LogP contribution in [0.3, 0.4) is 0 Å². The van der Waals surface area contributed by atoms with Crippen molar-refractivity contribution in [1.29, 1.82) is 5.41 Å². The standard InChI is InChI=1S/C25H45N7O6/c1-25(2,3)38-24(35)32-15-13-30(18-20(32)22(26)27)12-14-31-17-19(37-23(31)34)16-29-10-8-28(9-11-29)7-5-6-21(33)36-4/h19-20H,5-18H2,1-4H3,(H3,26,27). The first-order chi connectivity index (χ1) is 17.9. The minimum atomic E-state index is -0.623. The van der Waals surface area contributed by atoms with E-state index in [4.69, 9.17) is 25.4 Å². The second kappa shape index (κ2) is 13.4. The molecule has 2 unspecified atom stereocenters. The fourth-order valence-electron chi connectivity index (χ4n) is 4.99. The van der Waals surface area contributed by atoms with Crippen molar-refractivity contribution in [2.75, 3.05) is 85.6 Å². The lowest BCUT2D eigenvalue weighted by Crippen LogP contribution is -2.61. The number of cyclic esters (lactones) is 1. The maximum atomic E-state index is 12.6. The van der Waals surface area contributed by atoms with Gasteiger partial charge in [-0.1, -0.05) is 0 Å². The Balaban J connectivity index is 1.38. The molecule has 0 radical (unpaired) electrons. The Kier molecular flexibility index (Phi) is 10.6. The van der Waals surface area contributed by atoms with Crippen molar-refractivity contribution in [2.45, 2.75) is 51.4 Å². The molecular weight excluding hydrogens is 494 g/mol. The molecule has 0 aliphatic carbocycles. The van der Waals surface area contributed by atoms with E-state index < -0.39 is 17.7 Å². The highest BCUT2D eigenvalue weighted by atomic mass is 16.6. The third kappa shape index (κ3) is 8.98. The van der Waals surface area contributed by atoms with Crippen LogP contribution >= 0.6 is 0 Å². The van der Waals surface area contributed by atoms with Gasteiger partial charge in [-0.05, 0) is 33.7 Å². The lowest BCUT2D eigenvalue weighted by atomic mass is 10.1. The summed E-state index contributed by atoms with van der Waals surface area (Å²) in [6, 6.07) is -0.559. The molecule has 3 saturated heterocycles. The van der Waals surface area contributed by atoms with Gasteiger partial charge < -0.3 is 29.7 Å². The second-order valence-electron chi connectivity index (χ2n) is 11.2. The van der Waals surface area contributed by atoms with Crippen LogP contribution in [-0.2, 0) is 19.0 Å². The van der Waals surface area contributed by atoms with Crippen LogP contribution in [-0.4, -0.2) is 152 Å². The molecule has 0 aromatic carbocycles. The number of nitrogens with one attached hydrogen (secondary N) is 1. The summed E-state index contributed by atoms with van der Waals surface area (Å²) in [5, 5.41) is 7.98. The van der Waals surface area contributed by atoms with Gasteiger partial charge in [0.15, 0.2) is 0 Å². The average Bonchev–Trinajstić information content (AvgIpc) is 3.20. The van der Waals surface area contributed by atoms with E-state index in [0.29, 0.717) is 52.2 Å². The van der Waals surface area contributed by atoms with Crippen molar-refractivity contribution in [3.63, 3.8) is 0 Å². The van der Waals surface area contributed by atoms with E-state index in [1.807, 2.05) is 20.8 Å². The maximum Gasteiger partial charge on any atom is 0.411 e. The predicted octanol–water partition coefficient (Wildman–Crippen LogP) is 0.235. The topological polar surface area (TPSA) is 145 Å². The van der Waals surface area contributed by atoms with Crippen molar-refractivity contribution in [3.8, 4) is 0 Å². The number of amides is 2. The summed E-state index contributed by atoms with van der Waals surface area (Å²) in [4.78, 5) is 46.4. The van der Waals surface area contributed by atoms with Crippen LogP contribution in [0, 0.1) is 5.41 Å². The highest BCUT2D eigenvalue weighted by molar-refractivity contribution is 5.87. The Morgan fingerprint density at radius 3 is 2.29 bits per heavy atom. The highest BCUT2D eigenvalue weighted by Crippen LogP contribution is 2.18.